The van der Waals surface area contributed by atoms with Crippen LogP contribution in [0, 0.1) is 0 Å². The van der Waals surface area contributed by atoms with Gasteiger partial charge in [-0.3, -0.25) is 0 Å². The number of rotatable bonds is 9. The quantitative estimate of drug-likeness (QED) is 0.616. The molecule has 0 aliphatic heterocycles. The van der Waals surface area contributed by atoms with Crippen LogP contribution in [0.2, 0.25) is 0 Å². The molecule has 0 saturated heterocycles. The van der Waals surface area contributed by atoms with Crippen LogP contribution >= 0.6 is 0 Å². The second kappa shape index (κ2) is 10.1. The zero-order valence-corrected chi connectivity index (χ0v) is 10.7. The SMILES string of the molecule is CCCOCCOCCNC1CCCCC1. The Morgan fingerprint density at radius 3 is 2.31 bits per heavy atom. The van der Waals surface area contributed by atoms with E-state index in [9.17, 15) is 0 Å². The number of hydrogen-bond donors (Lipinski definition) is 1. The van der Waals surface area contributed by atoms with Gasteiger partial charge < -0.3 is 14.8 Å². The molecule has 1 aliphatic carbocycles. The van der Waals surface area contributed by atoms with Crippen LogP contribution in [-0.4, -0.2) is 39.0 Å². The molecule has 1 fully saturated rings. The molecule has 0 bridgehead atoms. The first-order valence-electron chi connectivity index (χ1n) is 6.82. The lowest BCUT2D eigenvalue weighted by atomic mass is 9.96. The van der Waals surface area contributed by atoms with Gasteiger partial charge in [-0.2, -0.15) is 0 Å². The zero-order chi connectivity index (χ0) is 11.5. The maximum Gasteiger partial charge on any atom is 0.0701 e. The van der Waals surface area contributed by atoms with Crippen molar-refractivity contribution in [3.05, 3.63) is 0 Å². The van der Waals surface area contributed by atoms with E-state index in [1.807, 2.05) is 0 Å². The third kappa shape index (κ3) is 7.20. The van der Waals surface area contributed by atoms with Crippen molar-refractivity contribution in [3.8, 4) is 0 Å². The summed E-state index contributed by atoms with van der Waals surface area (Å²) in [5.74, 6) is 0. The monoisotopic (exact) mass is 229 g/mol. The Kier molecular flexibility index (Phi) is 8.77. The molecular weight excluding hydrogens is 202 g/mol. The van der Waals surface area contributed by atoms with Gasteiger partial charge in [0.15, 0.2) is 0 Å². The molecule has 1 N–H and O–H groups in total. The van der Waals surface area contributed by atoms with Gasteiger partial charge in [-0.1, -0.05) is 26.2 Å². The highest BCUT2D eigenvalue weighted by Gasteiger charge is 2.11. The van der Waals surface area contributed by atoms with Crippen molar-refractivity contribution in [1.82, 2.24) is 5.32 Å². The normalized spacial score (nSPS) is 17.8. The van der Waals surface area contributed by atoms with Crippen molar-refractivity contribution in [2.75, 3.05) is 33.0 Å². The fourth-order valence-electron chi connectivity index (χ4n) is 2.11. The molecule has 0 spiro atoms. The summed E-state index contributed by atoms with van der Waals surface area (Å²) in [5, 5.41) is 3.56. The molecule has 0 unspecified atom stereocenters. The van der Waals surface area contributed by atoms with E-state index in [1.54, 1.807) is 0 Å². The van der Waals surface area contributed by atoms with Crippen LogP contribution in [0.15, 0.2) is 0 Å². The fourth-order valence-corrected chi connectivity index (χ4v) is 2.11. The zero-order valence-electron chi connectivity index (χ0n) is 10.7. The van der Waals surface area contributed by atoms with Gasteiger partial charge in [-0.25, -0.2) is 0 Å². The van der Waals surface area contributed by atoms with E-state index in [0.717, 1.165) is 45.4 Å². The van der Waals surface area contributed by atoms with E-state index in [0.29, 0.717) is 0 Å². The Balaban J connectivity index is 1.77. The fraction of sp³-hybridized carbons (Fsp3) is 1.00. The minimum Gasteiger partial charge on any atom is -0.379 e. The van der Waals surface area contributed by atoms with E-state index >= 15 is 0 Å². The molecule has 0 heterocycles. The van der Waals surface area contributed by atoms with Crippen molar-refractivity contribution in [2.45, 2.75) is 51.5 Å². The van der Waals surface area contributed by atoms with Gasteiger partial charge in [-0.05, 0) is 19.3 Å². The first-order valence-corrected chi connectivity index (χ1v) is 6.82. The van der Waals surface area contributed by atoms with Gasteiger partial charge in [-0.15, -0.1) is 0 Å². The molecule has 0 atom stereocenters. The molecule has 3 nitrogen and oxygen atoms in total. The van der Waals surface area contributed by atoms with Gasteiger partial charge in [0.25, 0.3) is 0 Å². The largest absolute Gasteiger partial charge is 0.379 e. The van der Waals surface area contributed by atoms with Gasteiger partial charge in [0, 0.05) is 19.2 Å². The molecule has 3 heteroatoms. The summed E-state index contributed by atoms with van der Waals surface area (Å²) in [6.07, 6.45) is 7.98. The standard InChI is InChI=1S/C13H27NO2/c1-2-9-15-11-12-16-10-8-14-13-6-4-3-5-7-13/h13-14H,2-12H2,1H3. The highest BCUT2D eigenvalue weighted by atomic mass is 16.5. The Bertz CT molecular complexity index is 147. The molecule has 1 aliphatic rings. The van der Waals surface area contributed by atoms with Crippen LogP contribution in [0.1, 0.15) is 45.4 Å². The Morgan fingerprint density at radius 1 is 0.938 bits per heavy atom. The maximum atomic E-state index is 5.48. The first kappa shape index (κ1) is 13.9. The summed E-state index contributed by atoms with van der Waals surface area (Å²) < 4.78 is 10.8. The summed E-state index contributed by atoms with van der Waals surface area (Å²) >= 11 is 0. The molecule has 0 aromatic rings. The summed E-state index contributed by atoms with van der Waals surface area (Å²) in [6.45, 7) is 6.23. The van der Waals surface area contributed by atoms with Crippen LogP contribution in [0.5, 0.6) is 0 Å². The Labute approximate surface area is 99.9 Å². The second-order valence-electron chi connectivity index (χ2n) is 4.51. The van der Waals surface area contributed by atoms with Crippen LogP contribution in [0.3, 0.4) is 0 Å². The molecule has 1 rings (SSSR count). The third-order valence-electron chi connectivity index (χ3n) is 3.01. The lowest BCUT2D eigenvalue weighted by Crippen LogP contribution is -2.33. The topological polar surface area (TPSA) is 30.5 Å². The van der Waals surface area contributed by atoms with Crippen LogP contribution < -0.4 is 5.32 Å². The van der Waals surface area contributed by atoms with E-state index in [4.69, 9.17) is 9.47 Å². The van der Waals surface area contributed by atoms with E-state index < -0.39 is 0 Å². The number of ether oxygens (including phenoxy) is 2. The van der Waals surface area contributed by atoms with E-state index in [1.165, 1.54) is 32.1 Å². The van der Waals surface area contributed by atoms with Crippen molar-refractivity contribution in [2.24, 2.45) is 0 Å². The smallest absolute Gasteiger partial charge is 0.0701 e. The Morgan fingerprint density at radius 2 is 1.62 bits per heavy atom. The van der Waals surface area contributed by atoms with Crippen LogP contribution in [0.25, 0.3) is 0 Å². The summed E-state index contributed by atoms with van der Waals surface area (Å²) in [4.78, 5) is 0. The summed E-state index contributed by atoms with van der Waals surface area (Å²) in [7, 11) is 0. The van der Waals surface area contributed by atoms with E-state index in [-0.39, 0.29) is 0 Å². The molecule has 16 heavy (non-hydrogen) atoms. The number of hydrogen-bond acceptors (Lipinski definition) is 3. The molecule has 0 amide bonds. The average molecular weight is 229 g/mol. The molecule has 96 valence electrons. The maximum absolute atomic E-state index is 5.48. The Hall–Kier alpha value is -0.120. The van der Waals surface area contributed by atoms with Gasteiger partial charge >= 0.3 is 0 Å². The van der Waals surface area contributed by atoms with Gasteiger partial charge in [0.05, 0.1) is 19.8 Å². The van der Waals surface area contributed by atoms with Crippen molar-refractivity contribution >= 4 is 0 Å². The molecule has 0 aromatic carbocycles. The highest BCUT2D eigenvalue weighted by Crippen LogP contribution is 2.16. The van der Waals surface area contributed by atoms with Crippen LogP contribution in [0.4, 0.5) is 0 Å². The minimum atomic E-state index is 0.729. The summed E-state index contributed by atoms with van der Waals surface area (Å²) in [5.41, 5.74) is 0. The second-order valence-corrected chi connectivity index (χ2v) is 4.51. The van der Waals surface area contributed by atoms with Gasteiger partial charge in [0.1, 0.15) is 0 Å². The van der Waals surface area contributed by atoms with E-state index in [2.05, 4.69) is 12.2 Å². The van der Waals surface area contributed by atoms with Crippen LogP contribution in [-0.2, 0) is 9.47 Å². The highest BCUT2D eigenvalue weighted by molar-refractivity contribution is 4.71. The predicted octanol–water partition coefficient (Wildman–Crippen LogP) is 2.35. The molecule has 1 saturated carbocycles. The average Bonchev–Trinajstić information content (AvgIpc) is 2.34. The predicted molar refractivity (Wildman–Crippen MR) is 66.8 cm³/mol. The van der Waals surface area contributed by atoms with Crippen molar-refractivity contribution in [3.63, 3.8) is 0 Å². The number of nitrogens with one attached hydrogen (secondary N) is 1. The molecular formula is C13H27NO2. The van der Waals surface area contributed by atoms with Crippen molar-refractivity contribution < 1.29 is 9.47 Å². The summed E-state index contributed by atoms with van der Waals surface area (Å²) in [6, 6.07) is 0.744. The first-order chi connectivity index (χ1) is 7.93. The lowest BCUT2D eigenvalue weighted by Gasteiger charge is -2.22. The minimum absolute atomic E-state index is 0.729. The van der Waals surface area contributed by atoms with Gasteiger partial charge in [0.2, 0.25) is 0 Å². The molecule has 0 radical (unpaired) electrons. The molecule has 0 aromatic heterocycles. The van der Waals surface area contributed by atoms with Crippen molar-refractivity contribution in [1.29, 1.82) is 0 Å². The lowest BCUT2D eigenvalue weighted by molar-refractivity contribution is 0.0481. The third-order valence-corrected chi connectivity index (χ3v) is 3.01.